The van der Waals surface area contributed by atoms with E-state index < -0.39 is 0 Å². The molecule has 0 amide bonds. The number of benzene rings is 1. The Morgan fingerprint density at radius 3 is 2.75 bits per heavy atom. The number of nitro groups is 1. The van der Waals surface area contributed by atoms with Crippen LogP contribution < -0.4 is 5.32 Å². The van der Waals surface area contributed by atoms with Crippen LogP contribution in [-0.4, -0.2) is 17.5 Å². The van der Waals surface area contributed by atoms with Crippen molar-refractivity contribution in [2.24, 2.45) is 0 Å². The normalized spacial score (nSPS) is 15.8. The number of para-hydroxylation sites is 1. The first-order chi connectivity index (χ1) is 7.77. The zero-order valence-electron chi connectivity index (χ0n) is 9.19. The van der Waals surface area contributed by atoms with E-state index in [1.165, 1.54) is 19.3 Å². The predicted octanol–water partition coefficient (Wildman–Crippen LogP) is 2.28. The van der Waals surface area contributed by atoms with Crippen molar-refractivity contribution in [3.05, 3.63) is 39.9 Å². The monoisotopic (exact) mass is 220 g/mol. The Hall–Kier alpha value is -1.42. The van der Waals surface area contributed by atoms with Gasteiger partial charge in [-0.05, 0) is 25.8 Å². The second kappa shape index (κ2) is 5.07. The summed E-state index contributed by atoms with van der Waals surface area (Å²) in [5.41, 5.74) is 1.05. The first kappa shape index (κ1) is 11.1. The van der Waals surface area contributed by atoms with E-state index in [-0.39, 0.29) is 10.6 Å². The van der Waals surface area contributed by atoms with E-state index in [0.717, 1.165) is 18.5 Å². The summed E-state index contributed by atoms with van der Waals surface area (Å²) in [6.07, 6.45) is 4.53. The molecule has 1 aromatic carbocycles. The van der Waals surface area contributed by atoms with Gasteiger partial charge in [0.15, 0.2) is 0 Å². The third-order valence-corrected chi connectivity index (χ3v) is 3.12. The molecule has 1 aliphatic carbocycles. The standard InChI is InChI=1S/C12H16N2O2/c15-14(16)12-7-2-1-4-10(12)8-9-13-11-5-3-6-11/h1-2,4,7,11,13H,3,5-6,8-9H2. The molecule has 1 saturated carbocycles. The van der Waals surface area contributed by atoms with Gasteiger partial charge in [-0.25, -0.2) is 0 Å². The molecule has 0 bridgehead atoms. The molecule has 4 nitrogen and oxygen atoms in total. The molecule has 1 aliphatic rings. The maximum absolute atomic E-state index is 10.8. The van der Waals surface area contributed by atoms with Gasteiger partial charge in [-0.1, -0.05) is 24.6 Å². The summed E-state index contributed by atoms with van der Waals surface area (Å²) in [5.74, 6) is 0. The van der Waals surface area contributed by atoms with Crippen molar-refractivity contribution < 1.29 is 4.92 Å². The summed E-state index contributed by atoms with van der Waals surface area (Å²) >= 11 is 0. The largest absolute Gasteiger partial charge is 0.314 e. The minimum absolute atomic E-state index is 0.234. The average Bonchev–Trinajstić information content (AvgIpc) is 2.22. The zero-order chi connectivity index (χ0) is 11.4. The second-order valence-electron chi connectivity index (χ2n) is 4.22. The van der Waals surface area contributed by atoms with Crippen LogP contribution in [0.3, 0.4) is 0 Å². The average molecular weight is 220 g/mol. The third kappa shape index (κ3) is 2.58. The highest BCUT2D eigenvalue weighted by Gasteiger charge is 2.17. The minimum atomic E-state index is -0.307. The van der Waals surface area contributed by atoms with Crippen LogP contribution >= 0.6 is 0 Å². The maximum atomic E-state index is 10.8. The lowest BCUT2D eigenvalue weighted by atomic mass is 9.93. The lowest BCUT2D eigenvalue weighted by molar-refractivity contribution is -0.385. The van der Waals surface area contributed by atoms with Crippen molar-refractivity contribution in [1.29, 1.82) is 0 Å². The molecule has 1 fully saturated rings. The van der Waals surface area contributed by atoms with Gasteiger partial charge in [0.05, 0.1) is 4.92 Å². The Morgan fingerprint density at radius 2 is 2.12 bits per heavy atom. The number of nitrogens with zero attached hydrogens (tertiary/aromatic N) is 1. The Balaban J connectivity index is 1.89. The van der Waals surface area contributed by atoms with Gasteiger partial charge in [-0.3, -0.25) is 10.1 Å². The summed E-state index contributed by atoms with van der Waals surface area (Å²) in [4.78, 5) is 10.5. The molecule has 0 atom stereocenters. The number of rotatable bonds is 5. The number of nitrogens with one attached hydrogen (secondary N) is 1. The van der Waals surface area contributed by atoms with Crippen LogP contribution in [0.4, 0.5) is 5.69 Å². The highest BCUT2D eigenvalue weighted by molar-refractivity contribution is 5.39. The topological polar surface area (TPSA) is 55.2 Å². The zero-order valence-corrected chi connectivity index (χ0v) is 9.19. The molecule has 0 unspecified atom stereocenters. The number of hydrogen-bond donors (Lipinski definition) is 1. The Morgan fingerprint density at radius 1 is 1.38 bits per heavy atom. The molecule has 1 N–H and O–H groups in total. The van der Waals surface area contributed by atoms with Crippen LogP contribution in [0, 0.1) is 10.1 Å². The van der Waals surface area contributed by atoms with Gasteiger partial charge in [0.1, 0.15) is 0 Å². The van der Waals surface area contributed by atoms with Gasteiger partial charge in [0.2, 0.25) is 0 Å². The lowest BCUT2D eigenvalue weighted by Crippen LogP contribution is -2.36. The van der Waals surface area contributed by atoms with Gasteiger partial charge < -0.3 is 5.32 Å². The highest BCUT2D eigenvalue weighted by Crippen LogP contribution is 2.20. The van der Waals surface area contributed by atoms with Crippen molar-refractivity contribution >= 4 is 5.69 Å². The van der Waals surface area contributed by atoms with Crippen LogP contribution in [0.15, 0.2) is 24.3 Å². The molecule has 0 aromatic heterocycles. The molecule has 0 radical (unpaired) electrons. The smallest absolute Gasteiger partial charge is 0.272 e. The van der Waals surface area contributed by atoms with Crippen LogP contribution in [-0.2, 0) is 6.42 Å². The van der Waals surface area contributed by atoms with Crippen LogP contribution in [0.25, 0.3) is 0 Å². The van der Waals surface area contributed by atoms with E-state index in [2.05, 4.69) is 5.32 Å². The Labute approximate surface area is 94.8 Å². The van der Waals surface area contributed by atoms with Crippen molar-refractivity contribution in [1.82, 2.24) is 5.32 Å². The Bertz CT molecular complexity index is 375. The van der Waals surface area contributed by atoms with Gasteiger partial charge in [-0.2, -0.15) is 0 Å². The molecule has 0 spiro atoms. The summed E-state index contributed by atoms with van der Waals surface area (Å²) < 4.78 is 0. The van der Waals surface area contributed by atoms with E-state index >= 15 is 0 Å². The summed E-state index contributed by atoms with van der Waals surface area (Å²) in [7, 11) is 0. The van der Waals surface area contributed by atoms with Crippen LogP contribution in [0.5, 0.6) is 0 Å². The molecule has 1 aromatic rings. The van der Waals surface area contributed by atoms with Crippen molar-refractivity contribution in [2.75, 3.05) is 6.54 Å². The summed E-state index contributed by atoms with van der Waals surface area (Å²) in [5, 5.41) is 14.2. The van der Waals surface area contributed by atoms with Crippen molar-refractivity contribution in [2.45, 2.75) is 31.7 Å². The fourth-order valence-electron chi connectivity index (χ4n) is 1.92. The van der Waals surface area contributed by atoms with Gasteiger partial charge in [-0.15, -0.1) is 0 Å². The Kier molecular flexibility index (Phi) is 3.51. The molecular formula is C12H16N2O2. The van der Waals surface area contributed by atoms with E-state index in [9.17, 15) is 10.1 Å². The fourth-order valence-corrected chi connectivity index (χ4v) is 1.92. The molecule has 0 aliphatic heterocycles. The highest BCUT2D eigenvalue weighted by atomic mass is 16.6. The van der Waals surface area contributed by atoms with Crippen LogP contribution in [0.2, 0.25) is 0 Å². The van der Waals surface area contributed by atoms with E-state index in [1.807, 2.05) is 12.1 Å². The van der Waals surface area contributed by atoms with Gasteiger partial charge in [0, 0.05) is 17.7 Å². The molecule has 4 heteroatoms. The first-order valence-electron chi connectivity index (χ1n) is 5.73. The number of hydrogen-bond acceptors (Lipinski definition) is 3. The predicted molar refractivity (Wildman–Crippen MR) is 62.4 cm³/mol. The molecule has 0 saturated heterocycles. The minimum Gasteiger partial charge on any atom is -0.314 e. The SMILES string of the molecule is O=[N+]([O-])c1ccccc1CCNC1CCC1. The van der Waals surface area contributed by atoms with E-state index in [0.29, 0.717) is 6.04 Å². The molecular weight excluding hydrogens is 204 g/mol. The van der Waals surface area contributed by atoms with Crippen molar-refractivity contribution in [3.8, 4) is 0 Å². The quantitative estimate of drug-likeness (QED) is 0.611. The number of nitro benzene ring substituents is 1. The molecule has 0 heterocycles. The van der Waals surface area contributed by atoms with E-state index in [4.69, 9.17) is 0 Å². The van der Waals surface area contributed by atoms with Gasteiger partial charge in [0.25, 0.3) is 5.69 Å². The third-order valence-electron chi connectivity index (χ3n) is 3.12. The first-order valence-corrected chi connectivity index (χ1v) is 5.73. The molecule has 86 valence electrons. The molecule has 16 heavy (non-hydrogen) atoms. The second-order valence-corrected chi connectivity index (χ2v) is 4.22. The maximum Gasteiger partial charge on any atom is 0.272 e. The summed E-state index contributed by atoms with van der Waals surface area (Å²) in [6, 6.07) is 7.61. The van der Waals surface area contributed by atoms with Crippen LogP contribution in [0.1, 0.15) is 24.8 Å². The van der Waals surface area contributed by atoms with E-state index in [1.54, 1.807) is 12.1 Å². The fraction of sp³-hybridized carbons (Fsp3) is 0.500. The summed E-state index contributed by atoms with van der Waals surface area (Å²) in [6.45, 7) is 0.829. The molecule has 2 rings (SSSR count). The lowest BCUT2D eigenvalue weighted by Gasteiger charge is -2.26. The van der Waals surface area contributed by atoms with Crippen molar-refractivity contribution in [3.63, 3.8) is 0 Å². The van der Waals surface area contributed by atoms with Gasteiger partial charge >= 0.3 is 0 Å².